The van der Waals surface area contributed by atoms with Crippen molar-refractivity contribution in [1.82, 2.24) is 4.90 Å². The standard InChI is InChI=1S/C15H23NO3/c1-11-5-6-14(19-4)13(9-11)7-8-16(3)10-12(2)15(17)18/h5-6,9,12H,7-8,10H2,1-4H3,(H,17,18). The number of carboxylic acid groups (broad SMARTS) is 1. The Hall–Kier alpha value is -1.55. The zero-order valence-corrected chi connectivity index (χ0v) is 12.1. The van der Waals surface area contributed by atoms with Crippen LogP contribution in [0.4, 0.5) is 0 Å². The van der Waals surface area contributed by atoms with Gasteiger partial charge in [0.05, 0.1) is 13.0 Å². The highest BCUT2D eigenvalue weighted by Crippen LogP contribution is 2.20. The molecule has 0 amide bonds. The lowest BCUT2D eigenvalue weighted by molar-refractivity contribution is -0.141. The average molecular weight is 265 g/mol. The van der Waals surface area contributed by atoms with Gasteiger partial charge in [-0.25, -0.2) is 0 Å². The molecule has 1 atom stereocenters. The van der Waals surface area contributed by atoms with Crippen molar-refractivity contribution >= 4 is 5.97 Å². The fraction of sp³-hybridized carbons (Fsp3) is 0.533. The maximum atomic E-state index is 10.8. The summed E-state index contributed by atoms with van der Waals surface area (Å²) in [5.41, 5.74) is 2.37. The number of carbonyl (C=O) groups is 1. The summed E-state index contributed by atoms with van der Waals surface area (Å²) in [5.74, 6) is -0.199. The number of benzene rings is 1. The van der Waals surface area contributed by atoms with E-state index in [9.17, 15) is 4.79 Å². The molecule has 0 aliphatic heterocycles. The first-order chi connectivity index (χ1) is 8.93. The quantitative estimate of drug-likeness (QED) is 0.821. The molecular formula is C15H23NO3. The fourth-order valence-electron chi connectivity index (χ4n) is 2.05. The molecule has 1 unspecified atom stereocenters. The van der Waals surface area contributed by atoms with Crippen LogP contribution in [0.3, 0.4) is 0 Å². The second-order valence-corrected chi connectivity index (χ2v) is 5.07. The van der Waals surface area contributed by atoms with Crippen LogP contribution in [-0.2, 0) is 11.2 Å². The first kappa shape index (κ1) is 15.5. The predicted molar refractivity (Wildman–Crippen MR) is 75.7 cm³/mol. The van der Waals surface area contributed by atoms with Gasteiger partial charge in [0.25, 0.3) is 0 Å². The van der Waals surface area contributed by atoms with Crippen molar-refractivity contribution in [3.63, 3.8) is 0 Å². The van der Waals surface area contributed by atoms with Gasteiger partial charge in [-0.3, -0.25) is 4.79 Å². The van der Waals surface area contributed by atoms with Crippen LogP contribution in [0.15, 0.2) is 18.2 Å². The van der Waals surface area contributed by atoms with Crippen molar-refractivity contribution < 1.29 is 14.6 Å². The summed E-state index contributed by atoms with van der Waals surface area (Å²) in [4.78, 5) is 12.8. The monoisotopic (exact) mass is 265 g/mol. The molecule has 1 aromatic carbocycles. The summed E-state index contributed by atoms with van der Waals surface area (Å²) in [6.07, 6.45) is 0.855. The number of ether oxygens (including phenoxy) is 1. The van der Waals surface area contributed by atoms with Crippen LogP contribution in [0.5, 0.6) is 5.75 Å². The van der Waals surface area contributed by atoms with Gasteiger partial charge < -0.3 is 14.7 Å². The molecule has 1 aromatic rings. The molecule has 0 bridgehead atoms. The van der Waals surface area contributed by atoms with Gasteiger partial charge in [-0.15, -0.1) is 0 Å². The third kappa shape index (κ3) is 4.91. The SMILES string of the molecule is COc1ccc(C)cc1CCN(C)CC(C)C(=O)O. The van der Waals surface area contributed by atoms with Crippen LogP contribution >= 0.6 is 0 Å². The molecule has 0 heterocycles. The van der Waals surface area contributed by atoms with Crippen LogP contribution < -0.4 is 4.74 Å². The molecule has 0 saturated heterocycles. The predicted octanol–water partition coefficient (Wildman–Crippen LogP) is 2.20. The maximum Gasteiger partial charge on any atom is 0.307 e. The summed E-state index contributed by atoms with van der Waals surface area (Å²) in [6.45, 7) is 5.16. The van der Waals surface area contributed by atoms with E-state index in [1.165, 1.54) is 5.56 Å². The van der Waals surface area contributed by atoms with E-state index in [1.54, 1.807) is 14.0 Å². The zero-order chi connectivity index (χ0) is 14.4. The Labute approximate surface area is 115 Å². The lowest BCUT2D eigenvalue weighted by atomic mass is 10.1. The van der Waals surface area contributed by atoms with Crippen molar-refractivity contribution in [2.45, 2.75) is 20.3 Å². The van der Waals surface area contributed by atoms with Crippen molar-refractivity contribution in [1.29, 1.82) is 0 Å². The molecule has 1 rings (SSSR count). The van der Waals surface area contributed by atoms with Gasteiger partial charge in [0.1, 0.15) is 5.75 Å². The van der Waals surface area contributed by atoms with Crippen LogP contribution in [0, 0.1) is 12.8 Å². The zero-order valence-electron chi connectivity index (χ0n) is 12.1. The topological polar surface area (TPSA) is 49.8 Å². The summed E-state index contributed by atoms with van der Waals surface area (Å²) >= 11 is 0. The summed E-state index contributed by atoms with van der Waals surface area (Å²) in [6, 6.07) is 6.12. The van der Waals surface area contributed by atoms with E-state index in [0.29, 0.717) is 6.54 Å². The maximum absolute atomic E-state index is 10.8. The largest absolute Gasteiger partial charge is 0.496 e. The molecule has 106 valence electrons. The van der Waals surface area contributed by atoms with E-state index in [4.69, 9.17) is 9.84 Å². The van der Waals surface area contributed by atoms with Gasteiger partial charge in [-0.05, 0) is 32.0 Å². The summed E-state index contributed by atoms with van der Waals surface area (Å²) < 4.78 is 5.34. The molecule has 1 N–H and O–H groups in total. The minimum absolute atomic E-state index is 0.343. The second-order valence-electron chi connectivity index (χ2n) is 5.07. The molecule has 0 radical (unpaired) electrons. The molecule has 0 aliphatic carbocycles. The minimum Gasteiger partial charge on any atom is -0.496 e. The van der Waals surface area contributed by atoms with Gasteiger partial charge in [0.15, 0.2) is 0 Å². The fourth-order valence-corrected chi connectivity index (χ4v) is 2.05. The van der Waals surface area contributed by atoms with Crippen molar-refractivity contribution in [2.24, 2.45) is 5.92 Å². The van der Waals surface area contributed by atoms with Crippen LogP contribution in [0.25, 0.3) is 0 Å². The third-order valence-corrected chi connectivity index (χ3v) is 3.21. The molecule has 0 spiro atoms. The lowest BCUT2D eigenvalue weighted by Gasteiger charge is -2.19. The number of rotatable bonds is 7. The molecule has 19 heavy (non-hydrogen) atoms. The molecule has 4 heteroatoms. The van der Waals surface area contributed by atoms with E-state index < -0.39 is 5.97 Å². The average Bonchev–Trinajstić information content (AvgIpc) is 2.36. The van der Waals surface area contributed by atoms with Crippen LogP contribution in [0.1, 0.15) is 18.1 Å². The first-order valence-electron chi connectivity index (χ1n) is 6.49. The van der Waals surface area contributed by atoms with Crippen molar-refractivity contribution in [3.05, 3.63) is 29.3 Å². The van der Waals surface area contributed by atoms with E-state index in [2.05, 4.69) is 13.0 Å². The Morgan fingerprint density at radius 1 is 1.47 bits per heavy atom. The molecule has 0 aromatic heterocycles. The number of nitrogens with zero attached hydrogens (tertiary/aromatic N) is 1. The molecular weight excluding hydrogens is 242 g/mol. The second kappa shape index (κ2) is 7.14. The Bertz CT molecular complexity index is 431. The highest BCUT2D eigenvalue weighted by Gasteiger charge is 2.13. The first-order valence-corrected chi connectivity index (χ1v) is 6.49. The van der Waals surface area contributed by atoms with E-state index in [1.807, 2.05) is 24.1 Å². The molecule has 0 saturated carbocycles. The number of aliphatic carboxylic acids is 1. The van der Waals surface area contributed by atoms with Gasteiger partial charge >= 0.3 is 5.97 Å². The Morgan fingerprint density at radius 3 is 2.74 bits per heavy atom. The number of hydrogen-bond donors (Lipinski definition) is 1. The minimum atomic E-state index is -0.750. The Morgan fingerprint density at radius 2 is 2.16 bits per heavy atom. The van der Waals surface area contributed by atoms with Crippen molar-refractivity contribution in [3.8, 4) is 5.75 Å². The highest BCUT2D eigenvalue weighted by molar-refractivity contribution is 5.69. The Balaban J connectivity index is 2.56. The number of carboxylic acids is 1. The van der Waals surface area contributed by atoms with Crippen LogP contribution in [-0.4, -0.2) is 43.2 Å². The molecule has 0 aliphatic rings. The smallest absolute Gasteiger partial charge is 0.307 e. The third-order valence-electron chi connectivity index (χ3n) is 3.21. The van der Waals surface area contributed by atoms with Gasteiger partial charge in [0.2, 0.25) is 0 Å². The molecule has 4 nitrogen and oxygen atoms in total. The van der Waals surface area contributed by atoms with Crippen LogP contribution in [0.2, 0.25) is 0 Å². The highest BCUT2D eigenvalue weighted by atomic mass is 16.5. The van der Waals surface area contributed by atoms with Gasteiger partial charge in [-0.2, -0.15) is 0 Å². The van der Waals surface area contributed by atoms with E-state index in [0.717, 1.165) is 24.3 Å². The van der Waals surface area contributed by atoms with E-state index in [-0.39, 0.29) is 5.92 Å². The molecule has 0 fully saturated rings. The number of methoxy groups -OCH3 is 1. The van der Waals surface area contributed by atoms with Gasteiger partial charge in [0, 0.05) is 13.1 Å². The van der Waals surface area contributed by atoms with Crippen molar-refractivity contribution in [2.75, 3.05) is 27.2 Å². The number of likely N-dealkylation sites (N-methyl/N-ethyl adjacent to an activating group) is 1. The summed E-state index contributed by atoms with van der Waals surface area (Å²) in [7, 11) is 3.62. The number of aryl methyl sites for hydroxylation is 1. The van der Waals surface area contributed by atoms with E-state index >= 15 is 0 Å². The Kier molecular flexibility index (Phi) is 5.83. The lowest BCUT2D eigenvalue weighted by Crippen LogP contribution is -2.30. The van der Waals surface area contributed by atoms with Gasteiger partial charge in [-0.1, -0.05) is 24.6 Å². The summed E-state index contributed by atoms with van der Waals surface area (Å²) in [5, 5.41) is 8.89. The number of hydrogen-bond acceptors (Lipinski definition) is 3. The normalized spacial score (nSPS) is 12.5.